The fourth-order valence-corrected chi connectivity index (χ4v) is 2.10. The van der Waals surface area contributed by atoms with Gasteiger partial charge in [-0.25, -0.2) is 10.2 Å². The van der Waals surface area contributed by atoms with Crippen molar-refractivity contribution in [2.75, 3.05) is 7.11 Å². The molecule has 7 heteroatoms. The van der Waals surface area contributed by atoms with Crippen LogP contribution in [0.4, 0.5) is 0 Å². The Morgan fingerprint density at radius 3 is 2.58 bits per heavy atom. The number of aryl methyl sites for hydroxylation is 1. The standard InChI is InChI=1S/C17H18N2O5/c1-10-8-14(20)16(17(22)24-10)11(2)18-19-15(21)9-12-4-6-13(23-3)7-5-12/h4-8,20H,9H2,1-3H3,(H,19,21)/b18-11+. The van der Waals surface area contributed by atoms with Gasteiger partial charge in [0.1, 0.15) is 22.8 Å². The zero-order valence-electron chi connectivity index (χ0n) is 13.6. The van der Waals surface area contributed by atoms with Crippen molar-refractivity contribution in [2.45, 2.75) is 20.3 Å². The van der Waals surface area contributed by atoms with E-state index in [0.717, 1.165) is 5.56 Å². The number of aromatic hydroxyl groups is 1. The Morgan fingerprint density at radius 1 is 1.33 bits per heavy atom. The highest BCUT2D eigenvalue weighted by molar-refractivity contribution is 6.01. The molecule has 0 saturated heterocycles. The number of carbonyl (C=O) groups is 1. The van der Waals surface area contributed by atoms with E-state index in [-0.39, 0.29) is 35.1 Å². The molecule has 24 heavy (non-hydrogen) atoms. The first kappa shape index (κ1) is 17.3. The van der Waals surface area contributed by atoms with Gasteiger partial charge in [0.05, 0.1) is 19.2 Å². The van der Waals surface area contributed by atoms with Gasteiger partial charge in [-0.1, -0.05) is 12.1 Å². The zero-order valence-corrected chi connectivity index (χ0v) is 13.6. The van der Waals surface area contributed by atoms with Crippen LogP contribution in [-0.4, -0.2) is 23.8 Å². The molecular formula is C17H18N2O5. The molecule has 1 aromatic carbocycles. The molecule has 0 fully saturated rings. The third kappa shape index (κ3) is 4.22. The summed E-state index contributed by atoms with van der Waals surface area (Å²) in [4.78, 5) is 23.7. The smallest absolute Gasteiger partial charge is 0.348 e. The van der Waals surface area contributed by atoms with Crippen LogP contribution in [0.15, 0.2) is 44.6 Å². The Balaban J connectivity index is 2.06. The summed E-state index contributed by atoms with van der Waals surface area (Å²) in [7, 11) is 1.57. The maximum absolute atomic E-state index is 11.9. The van der Waals surface area contributed by atoms with Crippen LogP contribution in [0, 0.1) is 6.92 Å². The van der Waals surface area contributed by atoms with Crippen molar-refractivity contribution in [3.63, 3.8) is 0 Å². The summed E-state index contributed by atoms with van der Waals surface area (Å²) < 4.78 is 9.96. The van der Waals surface area contributed by atoms with E-state index in [4.69, 9.17) is 9.15 Å². The molecule has 7 nitrogen and oxygen atoms in total. The molecule has 0 spiro atoms. The van der Waals surface area contributed by atoms with Crippen LogP contribution < -0.4 is 15.8 Å². The lowest BCUT2D eigenvalue weighted by molar-refractivity contribution is -0.120. The predicted octanol–water partition coefficient (Wildman–Crippen LogP) is 1.75. The summed E-state index contributed by atoms with van der Waals surface area (Å²) in [6, 6.07) is 8.37. The van der Waals surface area contributed by atoms with Gasteiger partial charge in [-0.05, 0) is 31.5 Å². The molecule has 2 rings (SSSR count). The third-order valence-electron chi connectivity index (χ3n) is 3.29. The molecule has 0 unspecified atom stereocenters. The number of hydrogen-bond acceptors (Lipinski definition) is 6. The Labute approximate surface area is 138 Å². The first-order valence-corrected chi connectivity index (χ1v) is 7.21. The van der Waals surface area contributed by atoms with Crippen LogP contribution in [-0.2, 0) is 11.2 Å². The van der Waals surface area contributed by atoms with Gasteiger partial charge in [-0.2, -0.15) is 5.10 Å². The zero-order chi connectivity index (χ0) is 17.7. The van der Waals surface area contributed by atoms with Crippen LogP contribution in [0.3, 0.4) is 0 Å². The van der Waals surface area contributed by atoms with Crippen LogP contribution in [0.2, 0.25) is 0 Å². The second-order valence-corrected chi connectivity index (χ2v) is 5.16. The summed E-state index contributed by atoms with van der Waals surface area (Å²) in [5.41, 5.74) is 2.51. The quantitative estimate of drug-likeness (QED) is 0.642. The molecule has 0 aliphatic carbocycles. The number of carbonyl (C=O) groups excluding carboxylic acids is 1. The second kappa shape index (κ2) is 7.45. The topological polar surface area (TPSA) is 101 Å². The van der Waals surface area contributed by atoms with Gasteiger partial charge in [0.25, 0.3) is 0 Å². The molecule has 0 atom stereocenters. The van der Waals surface area contributed by atoms with Crippen molar-refractivity contribution in [1.82, 2.24) is 5.43 Å². The van der Waals surface area contributed by atoms with Gasteiger partial charge < -0.3 is 14.3 Å². The van der Waals surface area contributed by atoms with E-state index in [2.05, 4.69) is 10.5 Å². The van der Waals surface area contributed by atoms with Crippen molar-refractivity contribution in [1.29, 1.82) is 0 Å². The minimum Gasteiger partial charge on any atom is -0.507 e. The number of methoxy groups -OCH3 is 1. The third-order valence-corrected chi connectivity index (χ3v) is 3.29. The van der Waals surface area contributed by atoms with E-state index in [1.807, 2.05) is 0 Å². The van der Waals surface area contributed by atoms with Crippen molar-refractivity contribution in [3.05, 3.63) is 57.6 Å². The maximum atomic E-state index is 11.9. The highest BCUT2D eigenvalue weighted by atomic mass is 16.5. The molecule has 126 valence electrons. The summed E-state index contributed by atoms with van der Waals surface area (Å²) in [6.07, 6.45) is 0.120. The van der Waals surface area contributed by atoms with Crippen LogP contribution >= 0.6 is 0 Å². The van der Waals surface area contributed by atoms with Crippen LogP contribution in [0.5, 0.6) is 11.5 Å². The fourth-order valence-electron chi connectivity index (χ4n) is 2.10. The van der Waals surface area contributed by atoms with Gasteiger partial charge in [0.15, 0.2) is 0 Å². The van der Waals surface area contributed by atoms with Crippen molar-refractivity contribution < 1.29 is 19.1 Å². The summed E-state index contributed by atoms with van der Waals surface area (Å²) >= 11 is 0. The van der Waals surface area contributed by atoms with E-state index in [9.17, 15) is 14.7 Å². The molecule has 1 aromatic heterocycles. The van der Waals surface area contributed by atoms with Crippen molar-refractivity contribution in [2.24, 2.45) is 5.10 Å². The molecule has 0 bridgehead atoms. The molecule has 1 heterocycles. The largest absolute Gasteiger partial charge is 0.507 e. The highest BCUT2D eigenvalue weighted by Crippen LogP contribution is 2.15. The lowest BCUT2D eigenvalue weighted by atomic mass is 10.1. The number of hydrazone groups is 1. The number of benzene rings is 1. The summed E-state index contributed by atoms with van der Waals surface area (Å²) in [5.74, 6) is 0.400. The molecule has 2 aromatic rings. The number of amides is 1. The monoisotopic (exact) mass is 330 g/mol. The minimum atomic E-state index is -0.710. The van der Waals surface area contributed by atoms with Crippen LogP contribution in [0.25, 0.3) is 0 Å². The first-order chi connectivity index (χ1) is 11.4. The number of nitrogens with one attached hydrogen (secondary N) is 1. The van der Waals surface area contributed by atoms with Crippen molar-refractivity contribution in [3.8, 4) is 11.5 Å². The molecule has 2 N–H and O–H groups in total. The second-order valence-electron chi connectivity index (χ2n) is 5.16. The Hall–Kier alpha value is -3.09. The molecule has 0 aliphatic rings. The number of ether oxygens (including phenoxy) is 1. The number of hydrogen-bond donors (Lipinski definition) is 2. The SMILES string of the molecule is COc1ccc(CC(=O)N/N=C(\C)c2c(O)cc(C)oc2=O)cc1. The predicted molar refractivity (Wildman–Crippen MR) is 88.4 cm³/mol. The average molecular weight is 330 g/mol. The van der Waals surface area contributed by atoms with E-state index < -0.39 is 5.63 Å². The van der Waals surface area contributed by atoms with Gasteiger partial charge >= 0.3 is 5.63 Å². The lowest BCUT2D eigenvalue weighted by Crippen LogP contribution is -2.23. The summed E-state index contributed by atoms with van der Waals surface area (Å²) in [6.45, 7) is 3.04. The van der Waals surface area contributed by atoms with Gasteiger partial charge in [-0.3, -0.25) is 4.79 Å². The highest BCUT2D eigenvalue weighted by Gasteiger charge is 2.13. The van der Waals surface area contributed by atoms with Gasteiger partial charge in [0, 0.05) is 6.07 Å². The Morgan fingerprint density at radius 2 is 2.00 bits per heavy atom. The lowest BCUT2D eigenvalue weighted by Gasteiger charge is -2.05. The van der Waals surface area contributed by atoms with E-state index >= 15 is 0 Å². The van der Waals surface area contributed by atoms with Gasteiger partial charge in [-0.15, -0.1) is 0 Å². The maximum Gasteiger partial charge on any atom is 0.348 e. The molecule has 0 saturated carbocycles. The molecule has 0 radical (unpaired) electrons. The van der Waals surface area contributed by atoms with E-state index in [1.165, 1.54) is 13.0 Å². The fraction of sp³-hybridized carbons (Fsp3) is 0.235. The summed E-state index contributed by atoms with van der Waals surface area (Å²) in [5, 5.41) is 13.7. The Kier molecular flexibility index (Phi) is 5.36. The minimum absolute atomic E-state index is 0.0784. The first-order valence-electron chi connectivity index (χ1n) is 7.21. The average Bonchev–Trinajstić information content (AvgIpc) is 2.52. The normalized spacial score (nSPS) is 11.2. The number of rotatable bonds is 5. The molecule has 1 amide bonds. The Bertz CT molecular complexity index is 822. The van der Waals surface area contributed by atoms with E-state index in [1.54, 1.807) is 38.3 Å². The molecular weight excluding hydrogens is 312 g/mol. The van der Waals surface area contributed by atoms with Crippen LogP contribution in [0.1, 0.15) is 23.8 Å². The van der Waals surface area contributed by atoms with E-state index in [0.29, 0.717) is 5.75 Å². The van der Waals surface area contributed by atoms with Gasteiger partial charge in [0.2, 0.25) is 5.91 Å². The molecule has 0 aliphatic heterocycles. The van der Waals surface area contributed by atoms with Crippen molar-refractivity contribution >= 4 is 11.6 Å². The number of nitrogens with zero attached hydrogens (tertiary/aromatic N) is 1.